The molecule has 8 heteroatoms. The first-order valence-electron chi connectivity index (χ1n) is 10.4. The lowest BCUT2D eigenvalue weighted by atomic mass is 10.1. The van der Waals surface area contributed by atoms with Crippen molar-refractivity contribution in [1.82, 2.24) is 20.5 Å². The van der Waals surface area contributed by atoms with Crippen molar-refractivity contribution in [3.8, 4) is 5.88 Å². The minimum atomic E-state index is 0. The molecule has 0 saturated carbocycles. The predicted molar refractivity (Wildman–Crippen MR) is 128 cm³/mol. The fourth-order valence-corrected chi connectivity index (χ4v) is 3.28. The molecule has 0 radical (unpaired) electrons. The van der Waals surface area contributed by atoms with Crippen molar-refractivity contribution in [3.63, 3.8) is 0 Å². The molecule has 0 bridgehead atoms. The quantitative estimate of drug-likeness (QED) is 0.299. The number of rotatable bonds is 9. The molecule has 0 spiro atoms. The summed E-state index contributed by atoms with van der Waals surface area (Å²) in [5, 5.41) is 6.33. The van der Waals surface area contributed by atoms with Crippen molar-refractivity contribution in [2.24, 2.45) is 10.9 Å². The molecule has 1 amide bonds. The molecule has 1 aromatic rings. The molecule has 1 unspecified atom stereocenters. The van der Waals surface area contributed by atoms with Gasteiger partial charge in [0.2, 0.25) is 11.8 Å². The minimum Gasteiger partial charge on any atom is -0.475 e. The average Bonchev–Trinajstić information content (AvgIpc) is 3.18. The highest BCUT2D eigenvalue weighted by Gasteiger charge is 2.17. The largest absolute Gasteiger partial charge is 0.475 e. The standard InChI is InChI=1S/C21H35N5O2.HI/c1-5-22-21(25-15-20(27)26-10-6-7-11-26)24-14-18-8-9-23-19(13-18)28-17(4)12-16(2)3;/h8-9,13,16-17H,5-7,10-12,14-15H2,1-4H3,(H2,22,24,25);1H. The van der Waals surface area contributed by atoms with Crippen LogP contribution in [0.25, 0.3) is 0 Å². The normalized spacial score (nSPS) is 15.1. The average molecular weight is 517 g/mol. The Morgan fingerprint density at radius 1 is 1.28 bits per heavy atom. The van der Waals surface area contributed by atoms with Gasteiger partial charge in [0.05, 0.1) is 19.2 Å². The van der Waals surface area contributed by atoms with E-state index in [-0.39, 0.29) is 42.5 Å². The first-order valence-corrected chi connectivity index (χ1v) is 10.4. The lowest BCUT2D eigenvalue weighted by Crippen LogP contribution is -2.44. The van der Waals surface area contributed by atoms with Gasteiger partial charge in [-0.05, 0) is 50.7 Å². The number of nitrogens with one attached hydrogen (secondary N) is 2. The molecule has 2 heterocycles. The van der Waals surface area contributed by atoms with Crippen LogP contribution in [0, 0.1) is 5.92 Å². The number of carbonyl (C=O) groups excluding carboxylic acids is 1. The smallest absolute Gasteiger partial charge is 0.241 e. The number of amides is 1. The molecule has 1 saturated heterocycles. The summed E-state index contributed by atoms with van der Waals surface area (Å²) in [4.78, 5) is 23.0. The van der Waals surface area contributed by atoms with Gasteiger partial charge in [0.25, 0.3) is 0 Å². The second kappa shape index (κ2) is 13.6. The second-order valence-corrected chi connectivity index (χ2v) is 7.70. The van der Waals surface area contributed by atoms with Crippen molar-refractivity contribution in [2.75, 3.05) is 26.2 Å². The van der Waals surface area contributed by atoms with Gasteiger partial charge >= 0.3 is 0 Å². The van der Waals surface area contributed by atoms with Gasteiger partial charge in [-0.15, -0.1) is 24.0 Å². The van der Waals surface area contributed by atoms with Gasteiger partial charge < -0.3 is 20.3 Å². The number of guanidine groups is 1. The predicted octanol–water partition coefficient (Wildman–Crippen LogP) is 3.19. The molecule has 29 heavy (non-hydrogen) atoms. The van der Waals surface area contributed by atoms with Gasteiger partial charge in [0, 0.05) is 31.9 Å². The number of hydrogen-bond donors (Lipinski definition) is 2. The van der Waals surface area contributed by atoms with E-state index in [0.717, 1.165) is 44.5 Å². The lowest BCUT2D eigenvalue weighted by Gasteiger charge is -2.17. The molecule has 1 aromatic heterocycles. The highest BCUT2D eigenvalue weighted by molar-refractivity contribution is 14.0. The van der Waals surface area contributed by atoms with E-state index < -0.39 is 0 Å². The Morgan fingerprint density at radius 3 is 2.66 bits per heavy atom. The molecule has 1 fully saturated rings. The third-order valence-electron chi connectivity index (χ3n) is 4.55. The number of pyridine rings is 1. The number of likely N-dealkylation sites (tertiary alicyclic amines) is 1. The second-order valence-electron chi connectivity index (χ2n) is 7.70. The molecule has 164 valence electrons. The minimum absolute atomic E-state index is 0. The molecule has 1 aliphatic heterocycles. The molecule has 1 aliphatic rings. The van der Waals surface area contributed by atoms with Gasteiger partial charge in [0.15, 0.2) is 5.96 Å². The molecule has 7 nitrogen and oxygen atoms in total. The van der Waals surface area contributed by atoms with Crippen LogP contribution in [0.1, 0.15) is 52.5 Å². The van der Waals surface area contributed by atoms with Crippen molar-refractivity contribution >= 4 is 35.8 Å². The maximum Gasteiger partial charge on any atom is 0.241 e. The number of nitrogens with zero attached hydrogens (tertiary/aromatic N) is 3. The van der Waals surface area contributed by atoms with Crippen LogP contribution < -0.4 is 15.4 Å². The summed E-state index contributed by atoms with van der Waals surface area (Å²) in [7, 11) is 0. The highest BCUT2D eigenvalue weighted by Crippen LogP contribution is 2.15. The fourth-order valence-electron chi connectivity index (χ4n) is 3.28. The van der Waals surface area contributed by atoms with E-state index in [9.17, 15) is 4.79 Å². The summed E-state index contributed by atoms with van der Waals surface area (Å²) in [6.07, 6.45) is 5.06. The van der Waals surface area contributed by atoms with E-state index in [1.165, 1.54) is 0 Å². The SMILES string of the molecule is CCNC(=NCc1ccnc(OC(C)CC(C)C)c1)NCC(=O)N1CCCC1.I. The molecule has 2 rings (SSSR count). The fraction of sp³-hybridized carbons (Fsp3) is 0.667. The molecule has 0 aliphatic carbocycles. The zero-order valence-electron chi connectivity index (χ0n) is 18.1. The van der Waals surface area contributed by atoms with Gasteiger partial charge in [-0.3, -0.25) is 4.79 Å². The number of aromatic nitrogens is 1. The van der Waals surface area contributed by atoms with E-state index in [1.807, 2.05) is 24.0 Å². The van der Waals surface area contributed by atoms with E-state index in [0.29, 0.717) is 24.3 Å². The number of halogens is 1. The Bertz CT molecular complexity index is 648. The van der Waals surface area contributed by atoms with Gasteiger partial charge in [-0.1, -0.05) is 13.8 Å². The highest BCUT2D eigenvalue weighted by atomic mass is 127. The maximum atomic E-state index is 12.2. The van der Waals surface area contributed by atoms with Crippen LogP contribution in [-0.4, -0.2) is 54.0 Å². The van der Waals surface area contributed by atoms with Crippen LogP contribution >= 0.6 is 24.0 Å². The van der Waals surface area contributed by atoms with Crippen molar-refractivity contribution in [3.05, 3.63) is 23.9 Å². The van der Waals surface area contributed by atoms with Crippen molar-refractivity contribution in [1.29, 1.82) is 0 Å². The molecular weight excluding hydrogens is 481 g/mol. The Labute approximate surface area is 192 Å². The summed E-state index contributed by atoms with van der Waals surface area (Å²) in [6.45, 7) is 11.7. The number of carbonyl (C=O) groups is 1. The zero-order chi connectivity index (χ0) is 20.4. The van der Waals surface area contributed by atoms with Crippen LogP contribution in [0.15, 0.2) is 23.3 Å². The van der Waals surface area contributed by atoms with Crippen LogP contribution in [0.5, 0.6) is 5.88 Å². The van der Waals surface area contributed by atoms with E-state index in [1.54, 1.807) is 6.20 Å². The van der Waals surface area contributed by atoms with Crippen LogP contribution in [0.3, 0.4) is 0 Å². The summed E-state index contributed by atoms with van der Waals surface area (Å²) in [5.74, 6) is 1.98. The van der Waals surface area contributed by atoms with E-state index >= 15 is 0 Å². The zero-order valence-corrected chi connectivity index (χ0v) is 20.4. The van der Waals surface area contributed by atoms with Crippen molar-refractivity contribution < 1.29 is 9.53 Å². The summed E-state index contributed by atoms with van der Waals surface area (Å²) in [6, 6.07) is 3.86. The van der Waals surface area contributed by atoms with Gasteiger partial charge in [0.1, 0.15) is 0 Å². The number of hydrogen-bond acceptors (Lipinski definition) is 4. The monoisotopic (exact) mass is 517 g/mol. The van der Waals surface area contributed by atoms with Gasteiger partial charge in [-0.25, -0.2) is 9.98 Å². The van der Waals surface area contributed by atoms with E-state index in [2.05, 4.69) is 41.4 Å². The molecule has 2 N–H and O–H groups in total. The molecule has 1 atom stereocenters. The van der Waals surface area contributed by atoms with Gasteiger partial charge in [-0.2, -0.15) is 0 Å². The third-order valence-corrected chi connectivity index (χ3v) is 4.55. The number of aliphatic imine (C=N–C) groups is 1. The third kappa shape index (κ3) is 9.64. The summed E-state index contributed by atoms with van der Waals surface area (Å²) >= 11 is 0. The maximum absolute atomic E-state index is 12.2. The Balaban J connectivity index is 0.00000420. The number of ether oxygens (including phenoxy) is 1. The topological polar surface area (TPSA) is 78.9 Å². The van der Waals surface area contributed by atoms with Crippen LogP contribution in [-0.2, 0) is 11.3 Å². The first kappa shape index (κ1) is 25.5. The molecule has 0 aromatic carbocycles. The Morgan fingerprint density at radius 2 is 2.00 bits per heavy atom. The Hall–Kier alpha value is -1.58. The lowest BCUT2D eigenvalue weighted by molar-refractivity contribution is -0.128. The van der Waals surface area contributed by atoms with Crippen molar-refractivity contribution in [2.45, 2.75) is 59.6 Å². The summed E-state index contributed by atoms with van der Waals surface area (Å²) < 4.78 is 5.92. The van der Waals surface area contributed by atoms with Crippen LogP contribution in [0.4, 0.5) is 0 Å². The summed E-state index contributed by atoms with van der Waals surface area (Å²) in [5.41, 5.74) is 1.02. The Kier molecular flexibility index (Phi) is 11.9. The van der Waals surface area contributed by atoms with Crippen LogP contribution in [0.2, 0.25) is 0 Å². The van der Waals surface area contributed by atoms with E-state index in [4.69, 9.17) is 4.74 Å². The molecular formula is C21H36IN5O2. The first-order chi connectivity index (χ1) is 13.5.